The molecule has 102 valence electrons. The normalized spacial score (nSPS) is 17.1. The summed E-state index contributed by atoms with van der Waals surface area (Å²) in [4.78, 5) is 21.4. The molecular formula is C12H12FNO5. The minimum Gasteiger partial charge on any atom is -0.502 e. The molecule has 0 saturated heterocycles. The average molecular weight is 269 g/mol. The highest BCUT2D eigenvalue weighted by molar-refractivity contribution is 5.75. The third-order valence-electron chi connectivity index (χ3n) is 3.16. The Morgan fingerprint density at radius 2 is 2.21 bits per heavy atom. The van der Waals surface area contributed by atoms with Gasteiger partial charge in [-0.15, -0.1) is 0 Å². The fraction of sp³-hybridized carbons (Fsp3) is 0.417. The number of carbonyl (C=O) groups is 1. The molecular weight excluding hydrogens is 257 g/mol. The third kappa shape index (κ3) is 2.23. The SMILES string of the molecule is CCOC(=O)C1Cc2c(F)cc([N+](=O)[O-])c(O)c2C1. The van der Waals surface area contributed by atoms with Gasteiger partial charge in [0.2, 0.25) is 0 Å². The number of ether oxygens (including phenoxy) is 1. The van der Waals surface area contributed by atoms with Gasteiger partial charge in [-0.25, -0.2) is 4.39 Å². The summed E-state index contributed by atoms with van der Waals surface area (Å²) in [6.07, 6.45) is 0.143. The molecule has 0 amide bonds. The zero-order valence-electron chi connectivity index (χ0n) is 10.2. The Morgan fingerprint density at radius 3 is 2.79 bits per heavy atom. The van der Waals surface area contributed by atoms with E-state index in [0.717, 1.165) is 0 Å². The summed E-state index contributed by atoms with van der Waals surface area (Å²) < 4.78 is 18.6. The van der Waals surface area contributed by atoms with Gasteiger partial charge >= 0.3 is 11.7 Å². The highest BCUT2D eigenvalue weighted by atomic mass is 19.1. The van der Waals surface area contributed by atoms with E-state index in [0.29, 0.717) is 6.07 Å². The van der Waals surface area contributed by atoms with Gasteiger partial charge in [0.25, 0.3) is 0 Å². The number of phenols is 1. The number of rotatable bonds is 3. The van der Waals surface area contributed by atoms with E-state index >= 15 is 0 Å². The van der Waals surface area contributed by atoms with Crippen LogP contribution in [0.25, 0.3) is 0 Å². The van der Waals surface area contributed by atoms with E-state index < -0.39 is 34.1 Å². The monoisotopic (exact) mass is 269 g/mol. The van der Waals surface area contributed by atoms with Crippen LogP contribution in [0.1, 0.15) is 18.1 Å². The minimum absolute atomic E-state index is 0.0542. The zero-order valence-corrected chi connectivity index (χ0v) is 10.2. The maximum atomic E-state index is 13.7. The second-order valence-electron chi connectivity index (χ2n) is 4.30. The number of esters is 1. The van der Waals surface area contributed by atoms with Crippen molar-refractivity contribution in [3.63, 3.8) is 0 Å². The number of nitro benzene ring substituents is 1. The van der Waals surface area contributed by atoms with Crippen molar-refractivity contribution in [2.24, 2.45) is 5.92 Å². The van der Waals surface area contributed by atoms with E-state index in [2.05, 4.69) is 0 Å². The van der Waals surface area contributed by atoms with E-state index in [4.69, 9.17) is 4.74 Å². The first kappa shape index (κ1) is 13.3. The molecule has 1 aliphatic rings. The molecule has 1 unspecified atom stereocenters. The van der Waals surface area contributed by atoms with Crippen LogP contribution in [0.3, 0.4) is 0 Å². The molecule has 0 spiro atoms. The van der Waals surface area contributed by atoms with Crippen molar-refractivity contribution in [2.75, 3.05) is 6.61 Å². The van der Waals surface area contributed by atoms with E-state index in [1.54, 1.807) is 6.92 Å². The van der Waals surface area contributed by atoms with Gasteiger partial charge in [0, 0.05) is 5.56 Å². The molecule has 0 bridgehead atoms. The molecule has 7 heteroatoms. The number of hydrogen-bond acceptors (Lipinski definition) is 5. The number of hydrogen-bond donors (Lipinski definition) is 1. The highest BCUT2D eigenvalue weighted by Gasteiger charge is 2.35. The number of fused-ring (bicyclic) bond motifs is 1. The molecule has 0 saturated carbocycles. The van der Waals surface area contributed by atoms with Crippen molar-refractivity contribution in [1.82, 2.24) is 0 Å². The van der Waals surface area contributed by atoms with Gasteiger partial charge in [-0.05, 0) is 25.3 Å². The minimum atomic E-state index is -0.851. The topological polar surface area (TPSA) is 89.7 Å². The first-order chi connectivity index (χ1) is 8.95. The van der Waals surface area contributed by atoms with Crippen LogP contribution in [-0.2, 0) is 22.4 Å². The van der Waals surface area contributed by atoms with E-state index in [-0.39, 0.29) is 30.6 Å². The summed E-state index contributed by atoms with van der Waals surface area (Å²) in [7, 11) is 0. The molecule has 0 aromatic heterocycles. The summed E-state index contributed by atoms with van der Waals surface area (Å²) in [6, 6.07) is 0.682. The summed E-state index contributed by atoms with van der Waals surface area (Å²) in [5, 5.41) is 20.5. The van der Waals surface area contributed by atoms with E-state index in [1.165, 1.54) is 0 Å². The van der Waals surface area contributed by atoms with Crippen LogP contribution in [0.5, 0.6) is 5.75 Å². The number of phenolic OH excluding ortho intramolecular Hbond substituents is 1. The quantitative estimate of drug-likeness (QED) is 0.512. The van der Waals surface area contributed by atoms with Crippen molar-refractivity contribution in [2.45, 2.75) is 19.8 Å². The number of aromatic hydroxyl groups is 1. The number of benzene rings is 1. The third-order valence-corrected chi connectivity index (χ3v) is 3.16. The van der Waals surface area contributed by atoms with Gasteiger partial charge in [-0.3, -0.25) is 14.9 Å². The fourth-order valence-corrected chi connectivity index (χ4v) is 2.29. The summed E-state index contributed by atoms with van der Waals surface area (Å²) >= 11 is 0. The number of carbonyl (C=O) groups excluding carboxylic acids is 1. The maximum absolute atomic E-state index is 13.7. The van der Waals surface area contributed by atoms with Crippen LogP contribution >= 0.6 is 0 Å². The molecule has 0 fully saturated rings. The largest absolute Gasteiger partial charge is 0.502 e. The first-order valence-corrected chi connectivity index (χ1v) is 5.80. The van der Waals surface area contributed by atoms with Crippen molar-refractivity contribution in [3.8, 4) is 5.75 Å². The molecule has 19 heavy (non-hydrogen) atoms. The highest BCUT2D eigenvalue weighted by Crippen LogP contribution is 2.41. The smallest absolute Gasteiger partial charge is 0.313 e. The lowest BCUT2D eigenvalue weighted by molar-refractivity contribution is -0.386. The molecule has 1 atom stereocenters. The fourth-order valence-electron chi connectivity index (χ4n) is 2.29. The Labute approximate surface area is 108 Å². The lowest BCUT2D eigenvalue weighted by atomic mass is 10.1. The van der Waals surface area contributed by atoms with Gasteiger partial charge in [0.05, 0.1) is 23.5 Å². The Bertz CT molecular complexity index is 558. The van der Waals surface area contributed by atoms with Gasteiger partial charge in [-0.1, -0.05) is 0 Å². The van der Waals surface area contributed by atoms with Gasteiger partial charge < -0.3 is 9.84 Å². The lowest BCUT2D eigenvalue weighted by Gasteiger charge is -2.07. The van der Waals surface area contributed by atoms with Crippen LogP contribution in [0, 0.1) is 21.8 Å². The van der Waals surface area contributed by atoms with Crippen LogP contribution in [0.4, 0.5) is 10.1 Å². The van der Waals surface area contributed by atoms with Gasteiger partial charge in [0.1, 0.15) is 5.82 Å². The van der Waals surface area contributed by atoms with E-state index in [9.17, 15) is 24.4 Å². The van der Waals surface area contributed by atoms with Crippen molar-refractivity contribution < 1.29 is 24.0 Å². The Hall–Kier alpha value is -2.18. The zero-order chi connectivity index (χ0) is 14.2. The molecule has 6 nitrogen and oxygen atoms in total. The maximum Gasteiger partial charge on any atom is 0.313 e. The van der Waals surface area contributed by atoms with Crippen LogP contribution in [0.15, 0.2) is 6.07 Å². The molecule has 1 aromatic carbocycles. The van der Waals surface area contributed by atoms with Crippen LogP contribution in [0.2, 0.25) is 0 Å². The molecule has 1 N–H and O–H groups in total. The Balaban J connectivity index is 2.38. The summed E-state index contributed by atoms with van der Waals surface area (Å²) in [5.74, 6) is -2.42. The number of nitrogens with zero attached hydrogens (tertiary/aromatic N) is 1. The Kier molecular flexibility index (Phi) is 3.37. The molecule has 1 aliphatic carbocycles. The second-order valence-corrected chi connectivity index (χ2v) is 4.30. The van der Waals surface area contributed by atoms with Gasteiger partial charge in [-0.2, -0.15) is 0 Å². The molecule has 0 heterocycles. The molecule has 0 aliphatic heterocycles. The van der Waals surface area contributed by atoms with Crippen LogP contribution in [-0.4, -0.2) is 22.6 Å². The Morgan fingerprint density at radius 1 is 1.58 bits per heavy atom. The molecule has 2 rings (SSSR count). The molecule has 0 radical (unpaired) electrons. The average Bonchev–Trinajstić information content (AvgIpc) is 2.79. The van der Waals surface area contributed by atoms with Crippen molar-refractivity contribution in [3.05, 3.63) is 33.1 Å². The second kappa shape index (κ2) is 4.83. The number of halogens is 1. The van der Waals surface area contributed by atoms with Crippen molar-refractivity contribution in [1.29, 1.82) is 0 Å². The summed E-state index contributed by atoms with van der Waals surface area (Å²) in [6.45, 7) is 1.86. The first-order valence-electron chi connectivity index (χ1n) is 5.80. The van der Waals surface area contributed by atoms with E-state index in [1.807, 2.05) is 0 Å². The lowest BCUT2D eigenvalue weighted by Crippen LogP contribution is -2.17. The standard InChI is InChI=1S/C12H12FNO5/c1-2-19-12(16)6-3-7-8(4-6)11(15)10(14(17)18)5-9(7)13/h5-6,15H,2-4H2,1H3. The van der Waals surface area contributed by atoms with Gasteiger partial charge in [0.15, 0.2) is 5.75 Å². The van der Waals surface area contributed by atoms with Crippen LogP contribution < -0.4 is 0 Å². The predicted octanol–water partition coefficient (Wildman–Crippen LogP) is 1.72. The van der Waals surface area contributed by atoms with Crippen molar-refractivity contribution >= 4 is 11.7 Å². The molecule has 1 aromatic rings. The predicted molar refractivity (Wildman–Crippen MR) is 62.3 cm³/mol. The number of nitro groups is 1. The summed E-state index contributed by atoms with van der Waals surface area (Å²) in [5.41, 5.74) is -0.397.